The molecule has 89 heavy (non-hydrogen) atoms. The summed E-state index contributed by atoms with van der Waals surface area (Å²) in [5, 5.41) is 7.32. The van der Waals surface area contributed by atoms with E-state index >= 15 is 0 Å². The lowest BCUT2D eigenvalue weighted by Crippen LogP contribution is -2.74. The third-order valence-corrected chi connectivity index (χ3v) is 20.9. The molecule has 6 aromatic rings. The molecule has 464 valence electrons. The highest BCUT2D eigenvalue weighted by Crippen LogP contribution is 2.35. The standard InChI is InChI=1S/C35H45BN5O2P.C26H27BIO2P.C9H18N5/c1-28(34(35(42)43-44(2)36)26-29-7-4-3-5-8-29)25-30-9-13-32(14-10-30)33-15-11-31(12-16-33)27-41-22-19-40(20-23-41,21-24-41)18-6-17-38-39-37;1-19(25(26(29)30-31(2)27)17-20-6-4-3-5-7-20)16-21-8-12-23(13-9-21)24-14-10-22(18-28)11-15-24;10-12-11-2-1-6-14-7-3-13(4-8-14)5-9-14/h3-5,7-16,28,34H,6,17-27H2,1-2H3;3-15,19,25H,16-18H2,1-2H3;1-9H2/q+2;;+1/t28-,34-,40?,41?,44?;19-,25-,31?;/m00./s1. The Labute approximate surface area is 548 Å². The fraction of sp³-hybridized carbons (Fsp3) is 0.457. The molecule has 4 bridgehead atoms. The lowest BCUT2D eigenvalue weighted by atomic mass is 9.84. The smallest absolute Gasteiger partial charge is 0.311 e. The summed E-state index contributed by atoms with van der Waals surface area (Å²) in [6.45, 7) is 27.6. The number of carbonyl (C=O) groups is 2. The van der Waals surface area contributed by atoms with Gasteiger partial charge in [-0.2, -0.15) is 0 Å². The number of hydrogen-bond donors (Lipinski definition) is 0. The van der Waals surface area contributed by atoms with E-state index in [0.29, 0.717) is 25.9 Å². The molecule has 6 heterocycles. The molecular weight excluding hydrogens is 1260 g/mol. The van der Waals surface area contributed by atoms with Crippen LogP contribution in [0.15, 0.2) is 168 Å². The number of alkyl halides is 1. The van der Waals surface area contributed by atoms with Gasteiger partial charge in [0.1, 0.15) is 45.8 Å². The highest BCUT2D eigenvalue weighted by Gasteiger charge is 2.48. The summed E-state index contributed by atoms with van der Waals surface area (Å²) in [6, 6.07) is 55.5. The number of rotatable bonds is 27. The van der Waals surface area contributed by atoms with Crippen LogP contribution in [0.3, 0.4) is 0 Å². The van der Waals surface area contributed by atoms with E-state index < -0.39 is 16.1 Å². The molecule has 0 N–H and O–H groups in total. The minimum Gasteiger partial charge on any atom is -0.457 e. The van der Waals surface area contributed by atoms with Crippen LogP contribution in [-0.2, 0) is 55.3 Å². The van der Waals surface area contributed by atoms with Crippen LogP contribution in [0.1, 0.15) is 60.1 Å². The van der Waals surface area contributed by atoms with Crippen molar-refractivity contribution in [2.45, 2.75) is 63.3 Å². The van der Waals surface area contributed by atoms with Gasteiger partial charge in [0.05, 0.1) is 44.6 Å². The van der Waals surface area contributed by atoms with Gasteiger partial charge in [-0.05, 0) is 112 Å². The zero-order valence-electron chi connectivity index (χ0n) is 52.8. The zero-order valence-corrected chi connectivity index (χ0v) is 56.8. The van der Waals surface area contributed by atoms with Gasteiger partial charge in [0.15, 0.2) is 15.1 Å². The van der Waals surface area contributed by atoms with Crippen molar-refractivity contribution in [1.29, 1.82) is 0 Å². The molecule has 4 radical (unpaired) electrons. The molecule has 0 aliphatic carbocycles. The number of carbonyl (C=O) groups excluding carboxylic acids is 2. The second-order valence-electron chi connectivity index (χ2n) is 25.4. The van der Waals surface area contributed by atoms with Crippen LogP contribution in [0.5, 0.6) is 0 Å². The molecule has 2 unspecified atom stereocenters. The van der Waals surface area contributed by atoms with Crippen LogP contribution < -0.4 is 0 Å². The topological polar surface area (TPSA) is 153 Å². The maximum absolute atomic E-state index is 13.0. The minimum atomic E-state index is -1.24. The number of benzene rings is 6. The molecule has 6 saturated heterocycles. The quantitative estimate of drug-likeness (QED) is 0.00578. The predicted octanol–water partition coefficient (Wildman–Crippen LogP) is 14.7. The van der Waals surface area contributed by atoms with Gasteiger partial charge >= 0.3 is 11.9 Å². The Hall–Kier alpha value is -5.56. The maximum atomic E-state index is 13.0. The lowest BCUT2D eigenvalue weighted by Gasteiger charge is -2.55. The first-order valence-electron chi connectivity index (χ1n) is 31.8. The number of piperazine rings is 6. The fourth-order valence-electron chi connectivity index (χ4n) is 13.5. The van der Waals surface area contributed by atoms with Crippen molar-refractivity contribution in [3.63, 3.8) is 0 Å². The van der Waals surface area contributed by atoms with Crippen molar-refractivity contribution in [3.05, 3.63) is 212 Å². The summed E-state index contributed by atoms with van der Waals surface area (Å²) < 4.78 is 15.7. The molecule has 6 fully saturated rings. The molecule has 14 nitrogen and oxygen atoms in total. The Morgan fingerprint density at radius 3 is 1.17 bits per heavy atom. The summed E-state index contributed by atoms with van der Waals surface area (Å²) in [7, 11) is 9.19. The third-order valence-electron chi connectivity index (χ3n) is 19.0. The van der Waals surface area contributed by atoms with E-state index in [4.69, 9.17) is 35.2 Å². The largest absolute Gasteiger partial charge is 0.457 e. The average molecular weight is 1350 g/mol. The zero-order chi connectivity index (χ0) is 63.1. The van der Waals surface area contributed by atoms with E-state index in [0.717, 1.165) is 54.3 Å². The van der Waals surface area contributed by atoms with Gasteiger partial charge < -0.3 is 22.5 Å². The summed E-state index contributed by atoms with van der Waals surface area (Å²) in [4.78, 5) is 34.0. The Morgan fingerprint density at radius 2 is 0.820 bits per heavy atom. The van der Waals surface area contributed by atoms with E-state index in [9.17, 15) is 9.59 Å². The van der Waals surface area contributed by atoms with Crippen LogP contribution in [-0.4, -0.2) is 163 Å². The molecule has 0 spiro atoms. The van der Waals surface area contributed by atoms with Crippen molar-refractivity contribution in [3.8, 4) is 22.3 Å². The fourth-order valence-corrected chi connectivity index (χ4v) is 14.8. The first-order valence-corrected chi connectivity index (χ1v) is 36.9. The SMILES string of the molecule is [B]P(C)OC(=O)[C@@H](Cc1ccccc1)[C@@H](C)Cc1ccc(-c2ccc(CI)cc2)cc1.[B]P(C)OC(=O)[C@@H](Cc1ccccc1)[C@@H](C)Cc1ccc(-c2ccc(C[N+]34CC[N+](CCCN=[N+]=[N-])(CC3)CC4)cc2)cc1.[N-]=[N+]=NCCC[N+]12CCN(CC1)CC2. The van der Waals surface area contributed by atoms with Gasteiger partial charge in [-0.3, -0.25) is 14.5 Å². The Kier molecular flexibility index (Phi) is 27.1. The van der Waals surface area contributed by atoms with E-state index in [2.05, 4.69) is 183 Å². The average Bonchev–Trinajstić information content (AvgIpc) is 1.70. The van der Waals surface area contributed by atoms with Crippen LogP contribution in [0, 0.1) is 23.7 Å². The van der Waals surface area contributed by atoms with Gasteiger partial charge in [-0.15, -0.1) is 0 Å². The van der Waals surface area contributed by atoms with Crippen LogP contribution in [0.2, 0.25) is 0 Å². The minimum absolute atomic E-state index is 0.113. The number of halogens is 1. The molecular formula is C70H90B2IN10O4P2+3. The van der Waals surface area contributed by atoms with Gasteiger partial charge in [0.25, 0.3) is 0 Å². The van der Waals surface area contributed by atoms with E-state index in [-0.39, 0.29) is 35.6 Å². The number of nitrogens with zero attached hydrogens (tertiary/aromatic N) is 10. The Morgan fingerprint density at radius 1 is 0.494 bits per heavy atom. The molecule has 6 aliphatic rings. The van der Waals surface area contributed by atoms with E-state index in [1.54, 1.807) is 13.3 Å². The second-order valence-corrected chi connectivity index (χ2v) is 28.7. The van der Waals surface area contributed by atoms with Gasteiger partial charge in [-0.1, -0.05) is 204 Å². The highest BCUT2D eigenvalue weighted by molar-refractivity contribution is 14.1. The van der Waals surface area contributed by atoms with Crippen molar-refractivity contribution < 1.29 is 32.1 Å². The van der Waals surface area contributed by atoms with Gasteiger partial charge in [-0.25, -0.2) is 0 Å². The second kappa shape index (κ2) is 34.7. The molecule has 19 heteroatoms. The summed E-state index contributed by atoms with van der Waals surface area (Å²) in [5.41, 5.74) is 29.0. The molecule has 0 amide bonds. The third kappa shape index (κ3) is 21.2. The number of fused-ring (bicyclic) bond motifs is 6. The molecule has 0 aromatic heterocycles. The lowest BCUT2D eigenvalue weighted by molar-refractivity contribution is -1.09. The first-order chi connectivity index (χ1) is 43.1. The summed E-state index contributed by atoms with van der Waals surface area (Å²) in [5.74, 6) is -0.618. The number of quaternary nitrogens is 3. The van der Waals surface area contributed by atoms with Gasteiger partial charge in [0.2, 0.25) is 0 Å². The summed E-state index contributed by atoms with van der Waals surface area (Å²) >= 11 is 2.38. The van der Waals surface area contributed by atoms with Crippen molar-refractivity contribution >= 4 is 65.7 Å². The van der Waals surface area contributed by atoms with Crippen LogP contribution in [0.25, 0.3) is 43.1 Å². The van der Waals surface area contributed by atoms with Crippen LogP contribution in [0.4, 0.5) is 0 Å². The highest BCUT2D eigenvalue weighted by atomic mass is 127. The Bertz CT molecular complexity index is 3200. The summed E-state index contributed by atoms with van der Waals surface area (Å²) in [6.07, 6.45) is 4.95. The molecule has 6 atom stereocenters. The number of azide groups is 2. The molecule has 12 rings (SSSR count). The monoisotopic (exact) mass is 1350 g/mol. The van der Waals surface area contributed by atoms with E-state index in [1.807, 2.05) is 36.4 Å². The predicted molar refractivity (Wildman–Crippen MR) is 376 cm³/mol. The first kappa shape index (κ1) is 69.3. The molecule has 0 saturated carbocycles. The van der Waals surface area contributed by atoms with Crippen molar-refractivity contribution in [2.24, 2.45) is 33.9 Å². The van der Waals surface area contributed by atoms with Crippen molar-refractivity contribution in [2.75, 3.05) is 118 Å². The van der Waals surface area contributed by atoms with E-state index in [1.165, 1.54) is 143 Å². The molecule has 6 aromatic carbocycles. The van der Waals surface area contributed by atoms with Crippen LogP contribution >= 0.6 is 38.6 Å². The maximum Gasteiger partial charge on any atom is 0.311 e. The number of hydrogen-bond acceptors (Lipinski definition) is 7. The molecule has 6 aliphatic heterocycles. The Balaban J connectivity index is 0.000000196. The van der Waals surface area contributed by atoms with Crippen molar-refractivity contribution in [1.82, 2.24) is 4.90 Å². The normalized spacial score (nSPS) is 21.7. The van der Waals surface area contributed by atoms with Gasteiger partial charge in [0, 0.05) is 81.4 Å².